The number of hydrogen-bond acceptors (Lipinski definition) is 7. The number of hydrogen-bond donors (Lipinski definition) is 3. The fourth-order valence-corrected chi connectivity index (χ4v) is 2.80. The van der Waals surface area contributed by atoms with Gasteiger partial charge in [-0.1, -0.05) is 40.9 Å². The smallest absolute Gasteiger partial charge is 0.333 e. The third-order valence-corrected chi connectivity index (χ3v) is 4.35. The maximum absolute atomic E-state index is 12.2. The molecule has 29 heavy (non-hydrogen) atoms. The molecule has 0 spiro atoms. The van der Waals surface area contributed by atoms with Crippen molar-refractivity contribution in [1.82, 2.24) is 15.4 Å². The van der Waals surface area contributed by atoms with Crippen molar-refractivity contribution in [2.45, 2.75) is 6.92 Å². The Morgan fingerprint density at radius 2 is 1.76 bits per heavy atom. The van der Waals surface area contributed by atoms with Crippen LogP contribution in [0.2, 0.25) is 10.0 Å². The van der Waals surface area contributed by atoms with E-state index in [2.05, 4.69) is 26.1 Å². The Hall–Kier alpha value is -3.43. The molecule has 0 atom stereocenters. The quantitative estimate of drug-likeness (QED) is 0.386. The molecule has 0 bridgehead atoms. The molecule has 1 heterocycles. The number of hydrazine groups is 1. The Labute approximate surface area is 175 Å². The zero-order valence-electron chi connectivity index (χ0n) is 14.9. The van der Waals surface area contributed by atoms with Gasteiger partial charge in [0.05, 0.1) is 15.6 Å². The van der Waals surface area contributed by atoms with Gasteiger partial charge in [-0.05, 0) is 37.3 Å². The van der Waals surface area contributed by atoms with Crippen LogP contribution in [0.3, 0.4) is 0 Å². The minimum atomic E-state index is -0.674. The Kier molecular flexibility index (Phi) is 6.10. The number of aromatic nitrogens is 2. The summed E-state index contributed by atoms with van der Waals surface area (Å²) in [7, 11) is 0. The van der Waals surface area contributed by atoms with Crippen LogP contribution in [0.1, 0.15) is 15.9 Å². The first-order chi connectivity index (χ1) is 13.8. The number of halogens is 2. The van der Waals surface area contributed by atoms with Crippen LogP contribution >= 0.6 is 23.2 Å². The molecule has 148 valence electrons. The largest absolute Gasteiger partial charge is 0.355 e. The lowest BCUT2D eigenvalue weighted by molar-refractivity contribution is -0.383. The van der Waals surface area contributed by atoms with E-state index >= 15 is 0 Å². The maximum Gasteiger partial charge on any atom is 0.355 e. The molecule has 0 unspecified atom stereocenters. The van der Waals surface area contributed by atoms with Crippen molar-refractivity contribution in [2.75, 3.05) is 10.7 Å². The van der Waals surface area contributed by atoms with Gasteiger partial charge in [0.1, 0.15) is 6.33 Å². The Morgan fingerprint density at radius 1 is 1.07 bits per heavy atom. The minimum absolute atomic E-state index is 0.110. The predicted octanol–water partition coefficient (Wildman–Crippen LogP) is 4.50. The summed E-state index contributed by atoms with van der Waals surface area (Å²) >= 11 is 12.0. The Balaban J connectivity index is 1.83. The van der Waals surface area contributed by atoms with Gasteiger partial charge in [0.25, 0.3) is 5.91 Å². The predicted molar refractivity (Wildman–Crippen MR) is 111 cm³/mol. The second kappa shape index (κ2) is 8.72. The molecule has 0 saturated heterocycles. The SMILES string of the molecule is Cc1ccc(C(=O)NNc2ncnc(Nc3ccc(Cl)cc3Cl)c2[N+](=O)[O-])cc1. The number of amides is 1. The van der Waals surface area contributed by atoms with Crippen molar-refractivity contribution in [3.8, 4) is 0 Å². The molecule has 2 aromatic carbocycles. The summed E-state index contributed by atoms with van der Waals surface area (Å²) in [5.41, 5.74) is 6.13. The highest BCUT2D eigenvalue weighted by atomic mass is 35.5. The highest BCUT2D eigenvalue weighted by Gasteiger charge is 2.24. The zero-order valence-corrected chi connectivity index (χ0v) is 16.5. The molecule has 3 aromatic rings. The number of carbonyl (C=O) groups is 1. The summed E-state index contributed by atoms with van der Waals surface area (Å²) < 4.78 is 0. The molecule has 11 heteroatoms. The molecule has 0 saturated carbocycles. The van der Waals surface area contributed by atoms with E-state index in [-0.39, 0.29) is 16.7 Å². The van der Waals surface area contributed by atoms with Gasteiger partial charge in [-0.3, -0.25) is 25.8 Å². The summed E-state index contributed by atoms with van der Waals surface area (Å²) in [5, 5.41) is 15.1. The summed E-state index contributed by atoms with van der Waals surface area (Å²) in [6, 6.07) is 11.4. The normalized spacial score (nSPS) is 10.3. The highest BCUT2D eigenvalue weighted by Crippen LogP contribution is 2.34. The highest BCUT2D eigenvalue weighted by molar-refractivity contribution is 6.36. The van der Waals surface area contributed by atoms with Crippen molar-refractivity contribution in [1.29, 1.82) is 0 Å². The van der Waals surface area contributed by atoms with Crippen LogP contribution in [-0.2, 0) is 0 Å². The monoisotopic (exact) mass is 432 g/mol. The van der Waals surface area contributed by atoms with Crippen molar-refractivity contribution in [3.05, 3.63) is 80.1 Å². The van der Waals surface area contributed by atoms with Crippen molar-refractivity contribution < 1.29 is 9.72 Å². The molecule has 1 amide bonds. The number of benzene rings is 2. The molecule has 3 rings (SSSR count). The van der Waals surface area contributed by atoms with Gasteiger partial charge in [-0.2, -0.15) is 0 Å². The van der Waals surface area contributed by atoms with E-state index in [0.717, 1.165) is 11.9 Å². The minimum Gasteiger partial charge on any atom is -0.333 e. The number of anilines is 3. The van der Waals surface area contributed by atoms with Gasteiger partial charge in [-0.15, -0.1) is 0 Å². The first kappa shape index (κ1) is 20.3. The number of nitrogens with one attached hydrogen (secondary N) is 3. The van der Waals surface area contributed by atoms with Crippen molar-refractivity contribution >= 4 is 52.1 Å². The third-order valence-electron chi connectivity index (χ3n) is 3.80. The van der Waals surface area contributed by atoms with Crippen molar-refractivity contribution in [3.63, 3.8) is 0 Å². The van der Waals surface area contributed by atoms with E-state index in [0.29, 0.717) is 16.3 Å². The van der Waals surface area contributed by atoms with Crippen LogP contribution < -0.4 is 16.2 Å². The van der Waals surface area contributed by atoms with Crippen LogP contribution in [0.25, 0.3) is 0 Å². The lowest BCUT2D eigenvalue weighted by atomic mass is 10.1. The lowest BCUT2D eigenvalue weighted by Gasteiger charge is -2.12. The molecule has 0 aliphatic rings. The summed E-state index contributed by atoms with van der Waals surface area (Å²) in [6.07, 6.45) is 1.11. The summed E-state index contributed by atoms with van der Waals surface area (Å²) in [6.45, 7) is 1.89. The standard InChI is InChI=1S/C18H14Cl2N6O3/c1-10-2-4-11(5-3-10)18(27)25-24-17-15(26(28)29)16(21-9-22-17)23-14-7-6-12(19)8-13(14)20/h2-9H,1H3,(H,25,27)(H2,21,22,23,24). The van der Waals surface area contributed by atoms with E-state index in [1.54, 1.807) is 36.4 Å². The van der Waals surface area contributed by atoms with Crippen molar-refractivity contribution in [2.24, 2.45) is 0 Å². The fraction of sp³-hybridized carbons (Fsp3) is 0.0556. The molecule has 0 aliphatic heterocycles. The summed E-state index contributed by atoms with van der Waals surface area (Å²) in [5.74, 6) is -0.785. The number of nitrogens with zero attached hydrogens (tertiary/aromatic N) is 3. The van der Waals surface area contributed by atoms with Crippen LogP contribution in [0, 0.1) is 17.0 Å². The molecule has 3 N–H and O–H groups in total. The second-order valence-corrected chi connectivity index (χ2v) is 6.71. The first-order valence-electron chi connectivity index (χ1n) is 8.19. The topological polar surface area (TPSA) is 122 Å². The molecule has 0 aliphatic carbocycles. The van der Waals surface area contributed by atoms with E-state index < -0.39 is 16.5 Å². The molecular formula is C18H14Cl2N6O3. The average molecular weight is 433 g/mol. The van der Waals surface area contributed by atoms with E-state index in [9.17, 15) is 14.9 Å². The number of nitro groups is 1. The maximum atomic E-state index is 12.2. The molecule has 9 nitrogen and oxygen atoms in total. The average Bonchev–Trinajstić information content (AvgIpc) is 2.68. The number of rotatable bonds is 6. The van der Waals surface area contributed by atoms with Gasteiger partial charge < -0.3 is 5.32 Å². The van der Waals surface area contributed by atoms with E-state index in [1.165, 1.54) is 6.07 Å². The Bertz CT molecular complexity index is 1080. The second-order valence-electron chi connectivity index (χ2n) is 5.87. The fourth-order valence-electron chi connectivity index (χ4n) is 2.35. The van der Waals surface area contributed by atoms with Crippen LogP contribution in [0.4, 0.5) is 23.0 Å². The lowest BCUT2D eigenvalue weighted by Crippen LogP contribution is -2.30. The van der Waals surface area contributed by atoms with Gasteiger partial charge in [0.2, 0.25) is 11.6 Å². The van der Waals surface area contributed by atoms with Crippen LogP contribution in [0.15, 0.2) is 48.8 Å². The van der Waals surface area contributed by atoms with Gasteiger partial charge in [-0.25, -0.2) is 9.97 Å². The zero-order chi connectivity index (χ0) is 21.0. The third kappa shape index (κ3) is 4.89. The Morgan fingerprint density at radius 3 is 2.41 bits per heavy atom. The first-order valence-corrected chi connectivity index (χ1v) is 8.95. The molecular weight excluding hydrogens is 419 g/mol. The van der Waals surface area contributed by atoms with Gasteiger partial charge >= 0.3 is 5.69 Å². The van der Waals surface area contributed by atoms with Crippen LogP contribution in [-0.4, -0.2) is 20.8 Å². The van der Waals surface area contributed by atoms with Crippen LogP contribution in [0.5, 0.6) is 0 Å². The molecule has 1 aromatic heterocycles. The van der Waals surface area contributed by atoms with Gasteiger partial charge in [0.15, 0.2) is 0 Å². The number of aryl methyl sites for hydroxylation is 1. The number of carbonyl (C=O) groups excluding carboxylic acids is 1. The molecule has 0 radical (unpaired) electrons. The summed E-state index contributed by atoms with van der Waals surface area (Å²) in [4.78, 5) is 30.9. The van der Waals surface area contributed by atoms with Gasteiger partial charge in [0, 0.05) is 10.6 Å². The van der Waals surface area contributed by atoms with E-state index in [1.807, 2.05) is 6.92 Å². The molecule has 0 fully saturated rings. The van der Waals surface area contributed by atoms with E-state index in [4.69, 9.17) is 23.2 Å².